The van der Waals surface area contributed by atoms with E-state index in [1.165, 1.54) is 0 Å². The Morgan fingerprint density at radius 2 is 1.94 bits per heavy atom. The number of benzene rings is 1. The molecule has 18 heavy (non-hydrogen) atoms. The van der Waals surface area contributed by atoms with Gasteiger partial charge in [0.25, 0.3) is 5.91 Å². The highest BCUT2D eigenvalue weighted by Crippen LogP contribution is 2.16. The Labute approximate surface area is 110 Å². The number of anilines is 1. The highest BCUT2D eigenvalue weighted by Gasteiger charge is 2.14. The van der Waals surface area contributed by atoms with Gasteiger partial charge in [0, 0.05) is 12.3 Å². The normalized spacial score (nSPS) is 12.5. The molecule has 1 rings (SSSR count). The van der Waals surface area contributed by atoms with Crippen LogP contribution < -0.4 is 5.32 Å². The third kappa shape index (κ3) is 4.49. The van der Waals surface area contributed by atoms with E-state index >= 15 is 0 Å². The average molecular weight is 249 g/mol. The second kappa shape index (κ2) is 7.17. The van der Waals surface area contributed by atoms with Gasteiger partial charge in [0.15, 0.2) is 0 Å². The summed E-state index contributed by atoms with van der Waals surface area (Å²) in [7, 11) is 0. The third-order valence-electron chi connectivity index (χ3n) is 2.70. The number of aryl methyl sites for hydroxylation is 1. The van der Waals surface area contributed by atoms with E-state index in [4.69, 9.17) is 4.74 Å². The van der Waals surface area contributed by atoms with Crippen molar-refractivity contribution in [2.24, 2.45) is 5.92 Å². The molecule has 0 aliphatic heterocycles. The number of para-hydroxylation sites is 1. The van der Waals surface area contributed by atoms with E-state index in [0.29, 0.717) is 12.5 Å². The van der Waals surface area contributed by atoms with Crippen molar-refractivity contribution in [1.29, 1.82) is 0 Å². The average Bonchev–Trinajstić information content (AvgIpc) is 2.36. The number of ether oxygens (including phenoxy) is 1. The number of carbonyl (C=O) groups is 1. The maximum Gasteiger partial charge on any atom is 0.253 e. The Balaban J connectivity index is 2.58. The third-order valence-corrected chi connectivity index (χ3v) is 2.70. The molecule has 100 valence electrons. The highest BCUT2D eigenvalue weighted by molar-refractivity contribution is 5.94. The lowest BCUT2D eigenvalue weighted by molar-refractivity contribution is -0.126. The summed E-state index contributed by atoms with van der Waals surface area (Å²) in [6, 6.07) is 7.85. The van der Waals surface area contributed by atoms with E-state index in [-0.39, 0.29) is 5.91 Å². The second-order valence-electron chi connectivity index (χ2n) is 4.87. The summed E-state index contributed by atoms with van der Waals surface area (Å²) in [4.78, 5) is 12.0. The topological polar surface area (TPSA) is 38.3 Å². The largest absolute Gasteiger partial charge is 0.368 e. The van der Waals surface area contributed by atoms with Crippen molar-refractivity contribution >= 4 is 11.6 Å². The van der Waals surface area contributed by atoms with Crippen molar-refractivity contribution in [2.45, 2.75) is 40.2 Å². The van der Waals surface area contributed by atoms with Gasteiger partial charge in [-0.15, -0.1) is 0 Å². The molecule has 3 heteroatoms. The van der Waals surface area contributed by atoms with Crippen LogP contribution in [0.3, 0.4) is 0 Å². The van der Waals surface area contributed by atoms with Gasteiger partial charge in [-0.25, -0.2) is 0 Å². The summed E-state index contributed by atoms with van der Waals surface area (Å²) in [5.74, 6) is 0.347. The summed E-state index contributed by atoms with van der Waals surface area (Å²) in [6.45, 7) is 8.59. The maximum absolute atomic E-state index is 12.0. The van der Waals surface area contributed by atoms with E-state index in [1.807, 2.05) is 24.3 Å². The van der Waals surface area contributed by atoms with Gasteiger partial charge in [0.2, 0.25) is 0 Å². The molecule has 0 heterocycles. The van der Waals surface area contributed by atoms with Crippen molar-refractivity contribution in [3.05, 3.63) is 29.8 Å². The van der Waals surface area contributed by atoms with E-state index in [1.54, 1.807) is 6.92 Å². The summed E-state index contributed by atoms with van der Waals surface area (Å²) >= 11 is 0. The van der Waals surface area contributed by atoms with Crippen LogP contribution in [-0.4, -0.2) is 18.6 Å². The first kappa shape index (κ1) is 14.7. The molecule has 0 saturated carbocycles. The van der Waals surface area contributed by atoms with Gasteiger partial charge in [-0.2, -0.15) is 0 Å². The molecule has 0 aromatic heterocycles. The molecular formula is C15H23NO2. The smallest absolute Gasteiger partial charge is 0.253 e. The molecule has 0 aliphatic carbocycles. The first-order valence-corrected chi connectivity index (χ1v) is 6.55. The molecule has 0 radical (unpaired) electrons. The lowest BCUT2D eigenvalue weighted by Crippen LogP contribution is -2.29. The molecule has 1 aromatic carbocycles. The van der Waals surface area contributed by atoms with Crippen LogP contribution in [0.1, 0.15) is 33.3 Å². The molecule has 0 fully saturated rings. The number of hydrogen-bond donors (Lipinski definition) is 1. The minimum atomic E-state index is -0.419. The van der Waals surface area contributed by atoms with Crippen LogP contribution >= 0.6 is 0 Å². The van der Waals surface area contributed by atoms with Crippen LogP contribution in [0.2, 0.25) is 0 Å². The monoisotopic (exact) mass is 249 g/mol. The molecule has 1 N–H and O–H groups in total. The van der Waals surface area contributed by atoms with Crippen molar-refractivity contribution < 1.29 is 9.53 Å². The number of hydrogen-bond acceptors (Lipinski definition) is 2. The van der Waals surface area contributed by atoms with Gasteiger partial charge in [-0.3, -0.25) is 4.79 Å². The summed E-state index contributed by atoms with van der Waals surface area (Å²) in [5.41, 5.74) is 2.02. The maximum atomic E-state index is 12.0. The number of amides is 1. The zero-order valence-corrected chi connectivity index (χ0v) is 11.7. The standard InChI is InChI=1S/C15H23NO2/c1-5-13-8-6-7-9-14(13)16-15(17)12(4)18-10-11(2)3/h6-9,11-12H,5,10H2,1-4H3,(H,16,17)/t12-/m0/s1. The Morgan fingerprint density at radius 1 is 1.28 bits per heavy atom. The van der Waals surface area contributed by atoms with Gasteiger partial charge in [-0.05, 0) is 30.9 Å². The van der Waals surface area contributed by atoms with Gasteiger partial charge >= 0.3 is 0 Å². The van der Waals surface area contributed by atoms with Crippen molar-refractivity contribution in [3.8, 4) is 0 Å². The van der Waals surface area contributed by atoms with Gasteiger partial charge in [-0.1, -0.05) is 39.0 Å². The van der Waals surface area contributed by atoms with E-state index in [0.717, 1.165) is 17.7 Å². The van der Waals surface area contributed by atoms with Gasteiger partial charge in [0.1, 0.15) is 6.10 Å². The second-order valence-corrected chi connectivity index (χ2v) is 4.87. The predicted octanol–water partition coefficient (Wildman–Crippen LogP) is 3.25. The fourth-order valence-corrected chi connectivity index (χ4v) is 1.60. The predicted molar refractivity (Wildman–Crippen MR) is 74.7 cm³/mol. The van der Waals surface area contributed by atoms with Crippen LogP contribution in [-0.2, 0) is 16.0 Å². The van der Waals surface area contributed by atoms with E-state index in [9.17, 15) is 4.79 Å². The fraction of sp³-hybridized carbons (Fsp3) is 0.533. The van der Waals surface area contributed by atoms with Crippen LogP contribution in [0.5, 0.6) is 0 Å². The Bertz CT molecular complexity index is 388. The zero-order valence-electron chi connectivity index (χ0n) is 11.7. The van der Waals surface area contributed by atoms with E-state index < -0.39 is 6.10 Å². The zero-order chi connectivity index (χ0) is 13.5. The molecule has 1 atom stereocenters. The molecule has 3 nitrogen and oxygen atoms in total. The molecule has 1 amide bonds. The fourth-order valence-electron chi connectivity index (χ4n) is 1.60. The minimum absolute atomic E-state index is 0.0865. The molecule has 0 spiro atoms. The SMILES string of the molecule is CCc1ccccc1NC(=O)[C@H](C)OCC(C)C. The van der Waals surface area contributed by atoms with Crippen molar-refractivity contribution in [1.82, 2.24) is 0 Å². The summed E-state index contributed by atoms with van der Waals surface area (Å²) < 4.78 is 5.50. The molecule has 1 aromatic rings. The minimum Gasteiger partial charge on any atom is -0.368 e. The highest BCUT2D eigenvalue weighted by atomic mass is 16.5. The van der Waals surface area contributed by atoms with Crippen LogP contribution in [0.15, 0.2) is 24.3 Å². The molecule has 0 bridgehead atoms. The van der Waals surface area contributed by atoms with Gasteiger partial charge in [0.05, 0.1) is 0 Å². The van der Waals surface area contributed by atoms with Crippen LogP contribution in [0.4, 0.5) is 5.69 Å². The van der Waals surface area contributed by atoms with Crippen molar-refractivity contribution in [2.75, 3.05) is 11.9 Å². The Kier molecular flexibility index (Phi) is 5.86. The molecular weight excluding hydrogens is 226 g/mol. The number of nitrogens with one attached hydrogen (secondary N) is 1. The lowest BCUT2D eigenvalue weighted by Gasteiger charge is -2.16. The van der Waals surface area contributed by atoms with Gasteiger partial charge < -0.3 is 10.1 Å². The summed E-state index contributed by atoms with van der Waals surface area (Å²) in [5, 5.41) is 2.92. The van der Waals surface area contributed by atoms with E-state index in [2.05, 4.69) is 26.1 Å². The number of rotatable bonds is 6. The molecule has 0 unspecified atom stereocenters. The Hall–Kier alpha value is -1.35. The first-order chi connectivity index (χ1) is 8.54. The first-order valence-electron chi connectivity index (χ1n) is 6.55. The quantitative estimate of drug-likeness (QED) is 0.840. The summed E-state index contributed by atoms with van der Waals surface area (Å²) in [6.07, 6.45) is 0.481. The van der Waals surface area contributed by atoms with Crippen LogP contribution in [0, 0.1) is 5.92 Å². The lowest BCUT2D eigenvalue weighted by atomic mass is 10.1. The van der Waals surface area contributed by atoms with Crippen molar-refractivity contribution in [3.63, 3.8) is 0 Å². The Morgan fingerprint density at radius 3 is 2.56 bits per heavy atom. The number of carbonyl (C=O) groups excluding carboxylic acids is 1. The molecule has 0 aliphatic rings. The van der Waals surface area contributed by atoms with Crippen LogP contribution in [0.25, 0.3) is 0 Å². The molecule has 0 saturated heterocycles.